The van der Waals surface area contributed by atoms with Gasteiger partial charge in [-0.05, 0) is 27.8 Å². The SMILES string of the molecule is CC(C)N(C)C(C)C(O)C(F)(F)F.[Ni]. The summed E-state index contributed by atoms with van der Waals surface area (Å²) in [6, 6.07) is -0.938. The van der Waals surface area contributed by atoms with Crippen molar-refractivity contribution < 1.29 is 34.8 Å². The van der Waals surface area contributed by atoms with Gasteiger partial charge in [-0.1, -0.05) is 0 Å². The Morgan fingerprint density at radius 2 is 1.50 bits per heavy atom. The van der Waals surface area contributed by atoms with Crippen LogP contribution in [0.4, 0.5) is 13.2 Å². The first-order valence-electron chi connectivity index (χ1n) is 4.14. The van der Waals surface area contributed by atoms with Crippen molar-refractivity contribution in [2.45, 2.75) is 45.1 Å². The number of aliphatic hydroxyl groups is 1. The fraction of sp³-hybridized carbons (Fsp3) is 1.00. The summed E-state index contributed by atoms with van der Waals surface area (Å²) >= 11 is 0. The predicted octanol–water partition coefficient (Wildman–Crippen LogP) is 1.64. The van der Waals surface area contributed by atoms with Crippen LogP contribution >= 0.6 is 0 Å². The largest absolute Gasteiger partial charge is 0.415 e. The van der Waals surface area contributed by atoms with E-state index in [1.807, 2.05) is 0 Å². The molecule has 0 aromatic carbocycles. The van der Waals surface area contributed by atoms with Crippen molar-refractivity contribution in [1.29, 1.82) is 0 Å². The molecule has 0 saturated heterocycles. The molecule has 90 valence electrons. The minimum Gasteiger partial charge on any atom is -0.382 e. The molecule has 0 radical (unpaired) electrons. The molecule has 2 unspecified atom stereocenters. The molecule has 0 fully saturated rings. The van der Waals surface area contributed by atoms with Gasteiger partial charge < -0.3 is 5.11 Å². The summed E-state index contributed by atoms with van der Waals surface area (Å²) in [5.41, 5.74) is 0. The topological polar surface area (TPSA) is 23.5 Å². The van der Waals surface area contributed by atoms with Crippen molar-refractivity contribution in [3.8, 4) is 0 Å². The Morgan fingerprint density at radius 3 is 1.71 bits per heavy atom. The van der Waals surface area contributed by atoms with Gasteiger partial charge in [-0.25, -0.2) is 0 Å². The second-order valence-electron chi connectivity index (χ2n) is 3.49. The number of rotatable bonds is 3. The third-order valence-electron chi connectivity index (χ3n) is 2.25. The Bertz CT molecular complexity index is 163. The van der Waals surface area contributed by atoms with Crippen LogP contribution in [-0.4, -0.2) is 41.4 Å². The summed E-state index contributed by atoms with van der Waals surface area (Å²) < 4.78 is 36.1. The third kappa shape index (κ3) is 4.62. The van der Waals surface area contributed by atoms with Crippen LogP contribution in [0.25, 0.3) is 0 Å². The average Bonchev–Trinajstić information content (AvgIpc) is 1.98. The van der Waals surface area contributed by atoms with Crippen LogP contribution in [0.15, 0.2) is 0 Å². The quantitative estimate of drug-likeness (QED) is 0.777. The number of alkyl halides is 3. The van der Waals surface area contributed by atoms with Gasteiger partial charge in [-0.15, -0.1) is 0 Å². The van der Waals surface area contributed by atoms with Crippen LogP contribution in [0, 0.1) is 0 Å². The first-order valence-corrected chi connectivity index (χ1v) is 4.14. The minimum atomic E-state index is -4.54. The Labute approximate surface area is 92.4 Å². The van der Waals surface area contributed by atoms with Gasteiger partial charge in [0.2, 0.25) is 0 Å². The first kappa shape index (κ1) is 16.6. The van der Waals surface area contributed by atoms with E-state index in [0.717, 1.165) is 0 Å². The van der Waals surface area contributed by atoms with Crippen molar-refractivity contribution in [3.05, 3.63) is 0 Å². The van der Waals surface area contributed by atoms with Gasteiger partial charge in [0.15, 0.2) is 6.10 Å². The Kier molecular flexibility index (Phi) is 7.05. The molecule has 14 heavy (non-hydrogen) atoms. The van der Waals surface area contributed by atoms with Crippen molar-refractivity contribution in [2.75, 3.05) is 7.05 Å². The molecule has 0 rings (SSSR count). The first-order chi connectivity index (χ1) is 5.68. The van der Waals surface area contributed by atoms with Gasteiger partial charge in [-0.3, -0.25) is 4.90 Å². The molecule has 1 N–H and O–H groups in total. The van der Waals surface area contributed by atoms with Crippen LogP contribution in [0.1, 0.15) is 20.8 Å². The second kappa shape index (κ2) is 5.93. The van der Waals surface area contributed by atoms with E-state index in [1.165, 1.54) is 11.8 Å². The van der Waals surface area contributed by atoms with Crippen LogP contribution in [0.5, 0.6) is 0 Å². The van der Waals surface area contributed by atoms with Crippen molar-refractivity contribution in [2.24, 2.45) is 0 Å². The van der Waals surface area contributed by atoms with Gasteiger partial charge in [-0.2, -0.15) is 13.2 Å². The molecule has 0 heterocycles. The zero-order chi connectivity index (χ0) is 10.8. The van der Waals surface area contributed by atoms with E-state index in [0.29, 0.717) is 0 Å². The number of halogens is 3. The van der Waals surface area contributed by atoms with Crippen molar-refractivity contribution >= 4 is 0 Å². The molecule has 0 bridgehead atoms. The molecule has 6 heteroatoms. The molecule has 0 aromatic heterocycles. The zero-order valence-electron chi connectivity index (χ0n) is 8.58. The Morgan fingerprint density at radius 1 is 1.14 bits per heavy atom. The maximum absolute atomic E-state index is 12.0. The molecule has 0 spiro atoms. The summed E-state index contributed by atoms with van der Waals surface area (Å²) in [5.74, 6) is 0. The van der Waals surface area contributed by atoms with Crippen LogP contribution < -0.4 is 0 Å². The zero-order valence-corrected chi connectivity index (χ0v) is 9.56. The van der Waals surface area contributed by atoms with E-state index < -0.39 is 18.3 Å². The van der Waals surface area contributed by atoms with Gasteiger partial charge in [0.05, 0.1) is 0 Å². The second-order valence-corrected chi connectivity index (χ2v) is 3.49. The smallest absolute Gasteiger partial charge is 0.382 e. The Hall–Kier alpha value is 0.204. The molecule has 0 amide bonds. The summed E-state index contributed by atoms with van der Waals surface area (Å²) in [6.45, 7) is 4.91. The fourth-order valence-corrected chi connectivity index (χ4v) is 0.966. The van der Waals surface area contributed by atoms with E-state index >= 15 is 0 Å². The van der Waals surface area contributed by atoms with Gasteiger partial charge >= 0.3 is 6.18 Å². The van der Waals surface area contributed by atoms with Gasteiger partial charge in [0.1, 0.15) is 0 Å². The number of aliphatic hydroxyl groups excluding tert-OH is 1. The molecular weight excluding hydrogens is 242 g/mol. The van der Waals surface area contributed by atoms with E-state index in [-0.39, 0.29) is 22.5 Å². The Balaban J connectivity index is 0. The number of nitrogens with zero attached hydrogens (tertiary/aromatic N) is 1. The predicted molar refractivity (Wildman–Crippen MR) is 44.4 cm³/mol. The number of hydrogen-bond acceptors (Lipinski definition) is 2. The van der Waals surface area contributed by atoms with Crippen LogP contribution in [0.3, 0.4) is 0 Å². The van der Waals surface area contributed by atoms with Crippen LogP contribution in [-0.2, 0) is 16.5 Å². The fourth-order valence-electron chi connectivity index (χ4n) is 0.966. The van der Waals surface area contributed by atoms with Crippen molar-refractivity contribution in [3.63, 3.8) is 0 Å². The molecule has 0 aliphatic heterocycles. The minimum absolute atomic E-state index is 0. The molecule has 0 saturated carbocycles. The third-order valence-corrected chi connectivity index (χ3v) is 2.25. The van der Waals surface area contributed by atoms with Crippen LogP contribution in [0.2, 0.25) is 0 Å². The summed E-state index contributed by atoms with van der Waals surface area (Å²) in [7, 11) is 1.56. The summed E-state index contributed by atoms with van der Waals surface area (Å²) in [5, 5.41) is 8.91. The van der Waals surface area contributed by atoms with E-state index in [1.54, 1.807) is 20.9 Å². The standard InChI is InChI=1S/C8H16F3NO.Ni/c1-5(2)12(4)6(3)7(13)8(9,10)11;/h5-7,13H,1-4H3;. The molecule has 0 aliphatic rings. The summed E-state index contributed by atoms with van der Waals surface area (Å²) in [6.07, 6.45) is -6.82. The molecule has 0 aromatic rings. The molecular formula is C8H16F3NNiO. The number of hydrogen-bond donors (Lipinski definition) is 1. The average molecular weight is 258 g/mol. The van der Waals surface area contributed by atoms with E-state index in [9.17, 15) is 13.2 Å². The molecule has 0 aliphatic carbocycles. The summed E-state index contributed by atoms with van der Waals surface area (Å²) in [4.78, 5) is 1.48. The van der Waals surface area contributed by atoms with Gasteiger partial charge in [0, 0.05) is 28.6 Å². The van der Waals surface area contributed by atoms with E-state index in [4.69, 9.17) is 5.11 Å². The van der Waals surface area contributed by atoms with Crippen molar-refractivity contribution in [1.82, 2.24) is 4.90 Å². The maximum atomic E-state index is 12.0. The normalized spacial score (nSPS) is 16.7. The molecule has 2 atom stereocenters. The number of likely N-dealkylation sites (N-methyl/N-ethyl adjacent to an activating group) is 1. The molecule has 2 nitrogen and oxygen atoms in total. The van der Waals surface area contributed by atoms with E-state index in [2.05, 4.69) is 0 Å². The monoisotopic (exact) mass is 257 g/mol. The van der Waals surface area contributed by atoms with Gasteiger partial charge in [0.25, 0.3) is 0 Å². The maximum Gasteiger partial charge on any atom is 0.415 e.